The summed E-state index contributed by atoms with van der Waals surface area (Å²) in [5.41, 5.74) is 5.17. The van der Waals surface area contributed by atoms with Crippen LogP contribution in [0.1, 0.15) is 6.92 Å². The maximum Gasteiger partial charge on any atom is 0.344 e. The Labute approximate surface area is 75.1 Å². The molecule has 0 aromatic rings. The number of carbonyl (C=O) groups is 1. The summed E-state index contributed by atoms with van der Waals surface area (Å²) in [5, 5.41) is 10.8. The number of aliphatic hydroxyl groups excluding tert-OH is 1. The van der Waals surface area contributed by atoms with E-state index in [4.69, 9.17) is 20.6 Å². The van der Waals surface area contributed by atoms with Gasteiger partial charge in [-0.1, -0.05) is 0 Å². The van der Waals surface area contributed by atoms with Gasteiger partial charge in [-0.25, -0.2) is 0 Å². The third-order valence-electron chi connectivity index (χ3n) is 1.28. The van der Waals surface area contributed by atoms with E-state index in [1.807, 2.05) is 5.32 Å². The number of amides is 1. The summed E-state index contributed by atoms with van der Waals surface area (Å²) in [5.74, 6) is -0.793. The fourth-order valence-corrected chi connectivity index (χ4v) is 0.880. The molecule has 13 heavy (non-hydrogen) atoms. The molecule has 7 nitrogen and oxygen atoms in total. The summed E-state index contributed by atoms with van der Waals surface area (Å²) in [6.45, 7) is 1.31. The maximum atomic E-state index is 10.9. The van der Waals surface area contributed by atoms with Gasteiger partial charge in [0.25, 0.3) is 0 Å². The zero-order chi connectivity index (χ0) is 10.6. The average Bonchev–Trinajstić information content (AvgIpc) is 1.97. The molecule has 0 saturated carbocycles. The lowest BCUT2D eigenvalue weighted by Gasteiger charge is -2.14. The summed E-state index contributed by atoms with van der Waals surface area (Å²) >= 11 is 0. The van der Waals surface area contributed by atoms with E-state index in [0.717, 1.165) is 0 Å². The Bertz CT molecular complexity index is 225. The Morgan fingerprint density at radius 3 is 2.38 bits per heavy atom. The number of nitrogens with two attached hydrogens (primary N) is 1. The molecule has 0 fully saturated rings. The maximum absolute atomic E-state index is 10.9. The first-order valence-electron chi connectivity index (χ1n) is 3.50. The van der Waals surface area contributed by atoms with Gasteiger partial charge < -0.3 is 25.9 Å². The van der Waals surface area contributed by atoms with Gasteiger partial charge in [0, 0.05) is 0 Å². The van der Waals surface area contributed by atoms with E-state index < -0.39 is 31.9 Å². The number of nitrogens with one attached hydrogen (secondary N) is 1. The quantitative estimate of drug-likeness (QED) is 0.340. The van der Waals surface area contributed by atoms with Gasteiger partial charge in [-0.05, 0) is 6.92 Å². The first-order valence-corrected chi connectivity index (χ1v) is 5.29. The molecule has 0 aromatic heterocycles. The summed E-state index contributed by atoms with van der Waals surface area (Å²) < 4.78 is 10.3. The third-order valence-corrected chi connectivity index (χ3v) is 1.85. The summed E-state index contributed by atoms with van der Waals surface area (Å²) in [7, 11) is -4.26. The highest BCUT2D eigenvalue weighted by Crippen LogP contribution is 2.31. The Morgan fingerprint density at radius 2 is 2.08 bits per heavy atom. The Morgan fingerprint density at radius 1 is 1.62 bits per heavy atom. The molecule has 0 aliphatic carbocycles. The van der Waals surface area contributed by atoms with Gasteiger partial charge in [0.1, 0.15) is 12.3 Å². The Hall–Kier alpha value is -0.460. The van der Waals surface area contributed by atoms with Crippen molar-refractivity contribution >= 4 is 13.5 Å². The fourth-order valence-electron chi connectivity index (χ4n) is 0.518. The molecule has 78 valence electrons. The fraction of sp³-hybridized carbons (Fsp3) is 0.800. The lowest BCUT2D eigenvalue weighted by atomic mass is 10.2. The highest BCUT2D eigenvalue weighted by Gasteiger charge is 2.21. The van der Waals surface area contributed by atoms with Crippen LogP contribution in [0, 0.1) is 0 Å². The first kappa shape index (κ1) is 12.5. The van der Waals surface area contributed by atoms with Gasteiger partial charge in [-0.15, -0.1) is 0 Å². The van der Waals surface area contributed by atoms with Crippen LogP contribution in [0.5, 0.6) is 0 Å². The van der Waals surface area contributed by atoms with E-state index >= 15 is 0 Å². The molecule has 0 unspecified atom stereocenters. The monoisotopic (exact) mass is 212 g/mol. The number of hydrogen-bond donors (Lipinski definition) is 5. The van der Waals surface area contributed by atoms with Crippen molar-refractivity contribution in [3.05, 3.63) is 0 Å². The predicted octanol–water partition coefficient (Wildman–Crippen LogP) is -2.05. The summed E-state index contributed by atoms with van der Waals surface area (Å²) in [4.78, 5) is 27.7. The largest absolute Gasteiger partial charge is 0.391 e. The number of aliphatic hydroxyl groups is 1. The van der Waals surface area contributed by atoms with Gasteiger partial charge in [0.2, 0.25) is 5.91 Å². The molecule has 0 spiro atoms. The van der Waals surface area contributed by atoms with Crippen molar-refractivity contribution in [2.75, 3.05) is 6.29 Å². The van der Waals surface area contributed by atoms with Crippen LogP contribution in [0.3, 0.4) is 0 Å². The molecular weight excluding hydrogens is 199 g/mol. The highest BCUT2D eigenvalue weighted by molar-refractivity contribution is 7.51. The van der Waals surface area contributed by atoms with E-state index in [0.29, 0.717) is 0 Å². The minimum absolute atomic E-state index is 0.772. The molecular formula is C5H13N2O5P. The summed E-state index contributed by atoms with van der Waals surface area (Å²) in [6, 6.07) is -1.17. The molecule has 0 heterocycles. The van der Waals surface area contributed by atoms with E-state index in [2.05, 4.69) is 0 Å². The lowest BCUT2D eigenvalue weighted by molar-refractivity contribution is -0.124. The van der Waals surface area contributed by atoms with Crippen molar-refractivity contribution in [1.82, 2.24) is 5.32 Å². The number of rotatable bonds is 4. The number of carbonyl (C=O) groups excluding carboxylic acids is 1. The van der Waals surface area contributed by atoms with Crippen molar-refractivity contribution in [2.45, 2.75) is 19.1 Å². The van der Waals surface area contributed by atoms with Crippen molar-refractivity contribution in [1.29, 1.82) is 0 Å². The standard InChI is InChI=1S/C5H13N2O5P/c1-3(8)4(6)5(9)7-2-13(10,11)12/h3-4,8H,2,6H2,1H3,(H,7,9)(H2,10,11,12)/t3-,4+/m1/s1. The van der Waals surface area contributed by atoms with Crippen LogP contribution in [0.25, 0.3) is 0 Å². The van der Waals surface area contributed by atoms with Crippen LogP contribution < -0.4 is 11.1 Å². The topological polar surface area (TPSA) is 133 Å². The van der Waals surface area contributed by atoms with Gasteiger partial charge in [-0.2, -0.15) is 0 Å². The van der Waals surface area contributed by atoms with Crippen LogP contribution in [0.15, 0.2) is 0 Å². The van der Waals surface area contributed by atoms with Crippen LogP contribution in [-0.4, -0.2) is 39.2 Å². The van der Waals surface area contributed by atoms with Crippen LogP contribution in [0.2, 0.25) is 0 Å². The minimum Gasteiger partial charge on any atom is -0.391 e. The second-order valence-corrected chi connectivity index (χ2v) is 4.28. The van der Waals surface area contributed by atoms with E-state index in [1.54, 1.807) is 0 Å². The van der Waals surface area contributed by atoms with Crippen molar-refractivity contribution in [3.63, 3.8) is 0 Å². The first-order chi connectivity index (χ1) is 5.74. The molecule has 1 amide bonds. The zero-order valence-electron chi connectivity index (χ0n) is 7.04. The third kappa shape index (κ3) is 5.73. The number of hydrogen-bond acceptors (Lipinski definition) is 4. The molecule has 0 radical (unpaired) electrons. The second kappa shape index (κ2) is 4.69. The van der Waals surface area contributed by atoms with Crippen LogP contribution in [-0.2, 0) is 9.36 Å². The van der Waals surface area contributed by atoms with Gasteiger partial charge in [0.15, 0.2) is 0 Å². The predicted molar refractivity (Wildman–Crippen MR) is 44.7 cm³/mol. The molecule has 8 heteroatoms. The zero-order valence-corrected chi connectivity index (χ0v) is 7.94. The highest BCUT2D eigenvalue weighted by atomic mass is 31.2. The molecule has 0 aliphatic heterocycles. The molecule has 6 N–H and O–H groups in total. The van der Waals surface area contributed by atoms with Crippen molar-refractivity contribution in [2.24, 2.45) is 5.73 Å². The Kier molecular flexibility index (Phi) is 4.52. The molecule has 0 bridgehead atoms. The van der Waals surface area contributed by atoms with E-state index in [1.165, 1.54) is 6.92 Å². The SMILES string of the molecule is C[C@@H](O)[C@H](N)C(=O)NCP(=O)(O)O. The second-order valence-electron chi connectivity index (χ2n) is 2.63. The normalized spacial score (nSPS) is 16.4. The van der Waals surface area contributed by atoms with Gasteiger partial charge in [-0.3, -0.25) is 9.36 Å². The molecule has 0 saturated heterocycles. The average molecular weight is 212 g/mol. The molecule has 0 rings (SSSR count). The van der Waals surface area contributed by atoms with Crippen molar-refractivity contribution in [3.8, 4) is 0 Å². The van der Waals surface area contributed by atoms with Gasteiger partial charge >= 0.3 is 7.60 Å². The Balaban J connectivity index is 3.96. The van der Waals surface area contributed by atoms with Gasteiger partial charge in [0.05, 0.1) is 6.10 Å². The smallest absolute Gasteiger partial charge is 0.344 e. The van der Waals surface area contributed by atoms with Crippen LogP contribution in [0.4, 0.5) is 0 Å². The molecule has 2 atom stereocenters. The van der Waals surface area contributed by atoms with E-state index in [-0.39, 0.29) is 0 Å². The molecule has 0 aliphatic rings. The van der Waals surface area contributed by atoms with E-state index in [9.17, 15) is 9.36 Å². The van der Waals surface area contributed by atoms with Crippen LogP contribution >= 0.6 is 7.60 Å². The minimum atomic E-state index is -4.26. The molecule has 0 aromatic carbocycles. The lowest BCUT2D eigenvalue weighted by Crippen LogP contribution is -2.47. The van der Waals surface area contributed by atoms with Crippen molar-refractivity contribution < 1.29 is 24.3 Å². The summed E-state index contributed by atoms with van der Waals surface area (Å²) in [6.07, 6.45) is -1.83.